The summed E-state index contributed by atoms with van der Waals surface area (Å²) in [5.74, 6) is 0.268. The van der Waals surface area contributed by atoms with E-state index in [2.05, 4.69) is 24.9 Å². The highest BCUT2D eigenvalue weighted by Crippen LogP contribution is 2.33. The molecule has 3 aromatic carbocycles. The van der Waals surface area contributed by atoms with E-state index in [9.17, 15) is 22.4 Å². The Morgan fingerprint density at radius 1 is 1.09 bits per heavy atom. The van der Waals surface area contributed by atoms with Crippen LogP contribution in [0.2, 0.25) is 0 Å². The van der Waals surface area contributed by atoms with Crippen molar-refractivity contribution >= 4 is 43.1 Å². The maximum absolute atomic E-state index is 13.7. The zero-order chi connectivity index (χ0) is 25.1. The molecule has 0 saturated heterocycles. The molecule has 0 aliphatic heterocycles. The number of nitriles is 1. The topological polar surface area (TPSA) is 95.7 Å². The lowest BCUT2D eigenvalue weighted by atomic mass is 9.91. The molecule has 1 N–H and O–H groups in total. The third-order valence-corrected chi connectivity index (χ3v) is 7.17. The molecule has 35 heavy (non-hydrogen) atoms. The number of aromatic nitrogens is 2. The molecule has 0 bridgehead atoms. The minimum atomic E-state index is -4.86. The molecule has 0 atom stereocenters. The van der Waals surface area contributed by atoms with E-state index in [1.807, 2.05) is 23.7 Å². The Balaban J connectivity index is 1.88. The van der Waals surface area contributed by atoms with Crippen molar-refractivity contribution < 1.29 is 12.3 Å². The second-order valence-electron chi connectivity index (χ2n) is 9.20. The second-order valence-corrected chi connectivity index (χ2v) is 10.5. The molecule has 176 valence electrons. The summed E-state index contributed by atoms with van der Waals surface area (Å²) in [5, 5.41) is 11.1. The molecule has 2 heterocycles. The summed E-state index contributed by atoms with van der Waals surface area (Å²) in [6, 6.07) is 16.8. The molecule has 5 aromatic rings. The summed E-state index contributed by atoms with van der Waals surface area (Å²) in [6.07, 6.45) is 0.651. The van der Waals surface area contributed by atoms with E-state index in [1.54, 1.807) is 24.3 Å². The first-order valence-electron chi connectivity index (χ1n) is 11.1. The molecule has 5 rings (SSSR count). The molecule has 0 spiro atoms. The van der Waals surface area contributed by atoms with Gasteiger partial charge in [0, 0.05) is 23.3 Å². The van der Waals surface area contributed by atoms with Gasteiger partial charge in [0.2, 0.25) is 0 Å². The summed E-state index contributed by atoms with van der Waals surface area (Å²) >= 11 is 0. The number of halogens is 1. The van der Waals surface area contributed by atoms with Crippen LogP contribution in [-0.4, -0.2) is 18.0 Å². The van der Waals surface area contributed by atoms with Gasteiger partial charge in [-0.3, -0.25) is 4.79 Å². The lowest BCUT2D eigenvalue weighted by Gasteiger charge is -2.16. The van der Waals surface area contributed by atoms with Crippen molar-refractivity contribution in [1.29, 1.82) is 5.26 Å². The highest BCUT2D eigenvalue weighted by molar-refractivity contribution is 7.86. The predicted octanol–water partition coefficient (Wildman–Crippen LogP) is 5.57. The van der Waals surface area contributed by atoms with Crippen LogP contribution in [0.25, 0.3) is 44.0 Å². The van der Waals surface area contributed by atoms with Crippen LogP contribution in [0.5, 0.6) is 0 Å². The number of fused-ring (bicyclic) bond motifs is 4. The number of pyridine rings is 1. The molecule has 0 aliphatic rings. The Hall–Kier alpha value is -3.96. The summed E-state index contributed by atoms with van der Waals surface area (Å²) in [4.78, 5) is 16.6. The van der Waals surface area contributed by atoms with E-state index in [4.69, 9.17) is 0 Å². The molecular weight excluding hydrogens is 465 g/mol. The zero-order valence-corrected chi connectivity index (χ0v) is 20.2. The third-order valence-electron chi connectivity index (χ3n) is 6.35. The number of benzene rings is 3. The van der Waals surface area contributed by atoms with Crippen molar-refractivity contribution in [1.82, 2.24) is 9.55 Å². The molecule has 0 amide bonds. The van der Waals surface area contributed by atoms with E-state index >= 15 is 0 Å². The van der Waals surface area contributed by atoms with Crippen LogP contribution in [0.3, 0.4) is 0 Å². The molecule has 8 heteroatoms. The monoisotopic (exact) mass is 487 g/mol. The predicted molar refractivity (Wildman–Crippen MR) is 136 cm³/mol. The van der Waals surface area contributed by atoms with E-state index < -0.39 is 15.1 Å². The Morgan fingerprint density at radius 3 is 2.54 bits per heavy atom. The van der Waals surface area contributed by atoms with Gasteiger partial charge in [0.05, 0.1) is 27.4 Å². The number of nitrogens with zero attached hydrogens (tertiary/aromatic N) is 2. The summed E-state index contributed by atoms with van der Waals surface area (Å²) in [7, 11) is -3.01. The van der Waals surface area contributed by atoms with E-state index in [0.29, 0.717) is 45.0 Å². The van der Waals surface area contributed by atoms with Crippen LogP contribution in [0.4, 0.5) is 3.89 Å². The molecule has 6 nitrogen and oxygen atoms in total. The second kappa shape index (κ2) is 8.07. The van der Waals surface area contributed by atoms with Gasteiger partial charge in [0.25, 0.3) is 0 Å². The van der Waals surface area contributed by atoms with Crippen molar-refractivity contribution in [2.24, 2.45) is 13.0 Å². The fourth-order valence-corrected chi connectivity index (χ4v) is 5.28. The van der Waals surface area contributed by atoms with E-state index in [1.165, 1.54) is 18.2 Å². The number of hydrogen-bond acceptors (Lipinski definition) is 4. The molecule has 0 fully saturated rings. The maximum Gasteiger partial charge on any atom is 0.332 e. The van der Waals surface area contributed by atoms with Gasteiger partial charge in [0.1, 0.15) is 5.65 Å². The van der Waals surface area contributed by atoms with E-state index in [-0.39, 0.29) is 11.3 Å². The van der Waals surface area contributed by atoms with Crippen LogP contribution >= 0.6 is 0 Å². The largest absolute Gasteiger partial charge is 0.340 e. The number of nitrogens with one attached hydrogen (secondary N) is 1. The Morgan fingerprint density at radius 2 is 1.86 bits per heavy atom. The van der Waals surface area contributed by atoms with Crippen LogP contribution < -0.4 is 5.43 Å². The number of H-pyrrole nitrogens is 1. The van der Waals surface area contributed by atoms with E-state index in [0.717, 1.165) is 16.5 Å². The molecule has 0 unspecified atom stereocenters. The number of hydrogen-bond donors (Lipinski definition) is 1. The minimum Gasteiger partial charge on any atom is -0.340 e. The summed E-state index contributed by atoms with van der Waals surface area (Å²) < 4.78 is 38.7. The van der Waals surface area contributed by atoms with Crippen molar-refractivity contribution in [2.45, 2.75) is 25.2 Å². The Labute approximate surface area is 201 Å². The van der Waals surface area contributed by atoms with Gasteiger partial charge in [-0.2, -0.15) is 13.7 Å². The van der Waals surface area contributed by atoms with Crippen LogP contribution in [-0.2, 0) is 23.7 Å². The number of rotatable bonds is 4. The number of aromatic amines is 1. The average Bonchev–Trinajstić information content (AvgIpc) is 3.20. The Bertz CT molecular complexity index is 1880. The van der Waals surface area contributed by atoms with Gasteiger partial charge in [-0.05, 0) is 65.4 Å². The maximum atomic E-state index is 13.7. The first kappa shape index (κ1) is 22.8. The van der Waals surface area contributed by atoms with Crippen molar-refractivity contribution in [2.75, 3.05) is 0 Å². The molecule has 0 radical (unpaired) electrons. The van der Waals surface area contributed by atoms with Gasteiger partial charge in [0.15, 0.2) is 5.43 Å². The standard InChI is InChI=1S/C27H22FN3O3S/c1-15(2)9-18-12-22-24(13-21(18)17-5-4-6-19(11-17)35(28,33)34)31(3)27-25(26(22)32)20-8-7-16(14-29)10-23(20)30-27/h4-8,10-13,15,30H,9H2,1-3H3. The van der Waals surface area contributed by atoms with Crippen molar-refractivity contribution in [3.63, 3.8) is 0 Å². The number of aryl methyl sites for hydroxylation is 1. The first-order chi connectivity index (χ1) is 16.6. The van der Waals surface area contributed by atoms with Crippen LogP contribution in [0.1, 0.15) is 25.0 Å². The fourth-order valence-electron chi connectivity index (χ4n) is 4.77. The van der Waals surface area contributed by atoms with Gasteiger partial charge < -0.3 is 9.55 Å². The van der Waals surface area contributed by atoms with Crippen molar-refractivity contribution in [3.05, 3.63) is 75.9 Å². The van der Waals surface area contributed by atoms with Gasteiger partial charge in [-0.25, -0.2) is 0 Å². The van der Waals surface area contributed by atoms with Crippen molar-refractivity contribution in [3.8, 4) is 17.2 Å². The molecule has 2 aromatic heterocycles. The molecule has 0 saturated carbocycles. The highest BCUT2D eigenvalue weighted by atomic mass is 32.3. The van der Waals surface area contributed by atoms with Gasteiger partial charge in [-0.1, -0.05) is 32.0 Å². The third kappa shape index (κ3) is 3.78. The normalized spacial score (nSPS) is 12.1. The fraction of sp³-hybridized carbons (Fsp3) is 0.185. The SMILES string of the molecule is CC(C)Cc1cc2c(=O)c3c4ccc(C#N)cc4[nH]c3n(C)c2cc1-c1cccc(S(=O)(=O)F)c1. The smallest absolute Gasteiger partial charge is 0.332 e. The highest BCUT2D eigenvalue weighted by Gasteiger charge is 2.19. The van der Waals surface area contributed by atoms with Gasteiger partial charge in [-0.15, -0.1) is 3.89 Å². The van der Waals surface area contributed by atoms with Crippen LogP contribution in [0.15, 0.2) is 64.3 Å². The minimum absolute atomic E-state index is 0.124. The average molecular weight is 488 g/mol. The first-order valence-corrected chi connectivity index (χ1v) is 12.5. The molecule has 0 aliphatic carbocycles. The summed E-state index contributed by atoms with van der Waals surface area (Å²) in [6.45, 7) is 4.12. The quantitative estimate of drug-likeness (QED) is 0.335. The van der Waals surface area contributed by atoms with Crippen LogP contribution in [0, 0.1) is 17.2 Å². The molecular formula is C27H22FN3O3S. The lowest BCUT2D eigenvalue weighted by Crippen LogP contribution is -2.10. The zero-order valence-electron chi connectivity index (χ0n) is 19.4. The van der Waals surface area contributed by atoms with Gasteiger partial charge >= 0.3 is 10.2 Å². The summed E-state index contributed by atoms with van der Waals surface area (Å²) in [5.41, 5.74) is 4.53. The lowest BCUT2D eigenvalue weighted by molar-refractivity contribution is 0.552. The Kier molecular flexibility index (Phi) is 5.26.